The lowest BCUT2D eigenvalue weighted by Gasteiger charge is -2.11. The first-order valence-electron chi connectivity index (χ1n) is 4.27. The number of hydrogen-bond donors (Lipinski definition) is 1. The lowest BCUT2D eigenvalue weighted by atomic mass is 10.2. The highest BCUT2D eigenvalue weighted by atomic mass is 35.5. The second-order valence-electron chi connectivity index (χ2n) is 3.22. The second kappa shape index (κ2) is 4.87. The van der Waals surface area contributed by atoms with Crippen molar-refractivity contribution < 1.29 is 9.84 Å². The first-order valence-corrected chi connectivity index (χ1v) is 5.03. The van der Waals surface area contributed by atoms with E-state index in [9.17, 15) is 0 Å². The van der Waals surface area contributed by atoms with Gasteiger partial charge >= 0.3 is 0 Å². The second-order valence-corrected chi connectivity index (χ2v) is 4.03. The first-order chi connectivity index (χ1) is 6.50. The molecule has 0 spiro atoms. The average Bonchev–Trinajstić information content (AvgIpc) is 2.01. The zero-order valence-electron chi connectivity index (χ0n) is 8.05. The minimum absolute atomic E-state index is 0.183. The Bertz CT molecular complexity index is 301. The molecule has 14 heavy (non-hydrogen) atoms. The van der Waals surface area contributed by atoms with Crippen molar-refractivity contribution in [1.29, 1.82) is 0 Å². The zero-order chi connectivity index (χ0) is 10.7. The minimum Gasteiger partial charge on any atom is -0.488 e. The lowest BCUT2D eigenvalue weighted by molar-refractivity contribution is 0.123. The molecule has 0 aliphatic carbocycles. The lowest BCUT2D eigenvalue weighted by Crippen LogP contribution is -2.13. The topological polar surface area (TPSA) is 29.5 Å². The third kappa shape index (κ3) is 3.05. The Labute approximate surface area is 93.4 Å². The molecule has 0 fully saturated rings. The van der Waals surface area contributed by atoms with Gasteiger partial charge in [0.25, 0.3) is 0 Å². The Hall–Kier alpha value is -0.440. The van der Waals surface area contributed by atoms with Crippen LogP contribution < -0.4 is 4.74 Å². The van der Waals surface area contributed by atoms with Crippen molar-refractivity contribution in [3.05, 3.63) is 27.7 Å². The monoisotopic (exact) mass is 234 g/mol. The molecule has 0 saturated carbocycles. The maximum Gasteiger partial charge on any atom is 0.156 e. The van der Waals surface area contributed by atoms with Crippen LogP contribution in [0.25, 0.3) is 0 Å². The summed E-state index contributed by atoms with van der Waals surface area (Å²) < 4.78 is 5.27. The Balaban J connectivity index is 2.86. The summed E-state index contributed by atoms with van der Waals surface area (Å²) in [6, 6.07) is 3.54. The molecule has 0 aliphatic rings. The van der Waals surface area contributed by atoms with Gasteiger partial charge in [-0.05, 0) is 31.5 Å². The Morgan fingerprint density at radius 2 is 1.86 bits per heavy atom. The van der Waals surface area contributed by atoms with Crippen LogP contribution in [-0.2, 0) is 0 Å². The zero-order valence-corrected chi connectivity index (χ0v) is 9.56. The van der Waals surface area contributed by atoms with Crippen LogP contribution in [0, 0.1) is 6.92 Å². The van der Waals surface area contributed by atoms with Crippen molar-refractivity contribution in [2.75, 3.05) is 6.61 Å². The number of aryl methyl sites for hydroxylation is 1. The van der Waals surface area contributed by atoms with E-state index >= 15 is 0 Å². The molecule has 2 nitrogen and oxygen atoms in total. The molecular weight excluding hydrogens is 223 g/mol. The van der Waals surface area contributed by atoms with E-state index in [1.807, 2.05) is 6.92 Å². The summed E-state index contributed by atoms with van der Waals surface area (Å²) in [6.45, 7) is 3.72. The van der Waals surface area contributed by atoms with Crippen LogP contribution in [0.5, 0.6) is 5.75 Å². The molecule has 78 valence electrons. The number of halogens is 2. The molecule has 0 bridgehead atoms. The van der Waals surface area contributed by atoms with E-state index in [0.717, 1.165) is 5.56 Å². The van der Waals surface area contributed by atoms with E-state index in [0.29, 0.717) is 15.8 Å². The number of aliphatic hydroxyl groups is 1. The van der Waals surface area contributed by atoms with E-state index in [1.54, 1.807) is 19.1 Å². The van der Waals surface area contributed by atoms with Crippen LogP contribution in [-0.4, -0.2) is 17.8 Å². The molecule has 1 unspecified atom stereocenters. The van der Waals surface area contributed by atoms with Gasteiger partial charge in [0.05, 0.1) is 16.1 Å². The highest BCUT2D eigenvalue weighted by Gasteiger charge is 2.09. The standard InChI is InChI=1S/C10H12Cl2O2/c1-6-3-8(11)10(9(12)4-6)14-5-7(2)13/h3-4,7,13H,5H2,1-2H3. The average molecular weight is 235 g/mol. The third-order valence-electron chi connectivity index (χ3n) is 1.61. The number of benzene rings is 1. The molecule has 1 atom stereocenters. The normalized spacial score (nSPS) is 12.6. The Morgan fingerprint density at radius 3 is 2.29 bits per heavy atom. The van der Waals surface area contributed by atoms with Crippen molar-refractivity contribution in [3.63, 3.8) is 0 Å². The van der Waals surface area contributed by atoms with Crippen LogP contribution in [0.1, 0.15) is 12.5 Å². The largest absolute Gasteiger partial charge is 0.488 e. The van der Waals surface area contributed by atoms with Crippen LogP contribution >= 0.6 is 23.2 Å². The summed E-state index contributed by atoms with van der Waals surface area (Å²) in [6.07, 6.45) is -0.538. The van der Waals surface area contributed by atoms with E-state index in [1.165, 1.54) is 0 Å². The summed E-state index contributed by atoms with van der Waals surface area (Å²) in [4.78, 5) is 0. The molecule has 0 heterocycles. The van der Waals surface area contributed by atoms with Crippen molar-refractivity contribution in [2.45, 2.75) is 20.0 Å². The van der Waals surface area contributed by atoms with Gasteiger partial charge in [-0.3, -0.25) is 0 Å². The molecular formula is C10H12Cl2O2. The fourth-order valence-corrected chi connectivity index (χ4v) is 1.73. The summed E-state index contributed by atoms with van der Waals surface area (Å²) >= 11 is 11.9. The van der Waals surface area contributed by atoms with E-state index in [2.05, 4.69) is 0 Å². The maximum atomic E-state index is 9.04. The first kappa shape index (κ1) is 11.6. The highest BCUT2D eigenvalue weighted by molar-refractivity contribution is 6.37. The van der Waals surface area contributed by atoms with E-state index in [4.69, 9.17) is 33.0 Å². The predicted molar refractivity (Wildman–Crippen MR) is 58.4 cm³/mol. The maximum absolute atomic E-state index is 9.04. The van der Waals surface area contributed by atoms with E-state index < -0.39 is 6.10 Å². The van der Waals surface area contributed by atoms with E-state index in [-0.39, 0.29) is 6.61 Å². The Morgan fingerprint density at radius 1 is 1.36 bits per heavy atom. The quantitative estimate of drug-likeness (QED) is 0.872. The van der Waals surface area contributed by atoms with Crippen molar-refractivity contribution >= 4 is 23.2 Å². The third-order valence-corrected chi connectivity index (χ3v) is 2.17. The van der Waals surface area contributed by atoms with Gasteiger partial charge in [-0.2, -0.15) is 0 Å². The fraction of sp³-hybridized carbons (Fsp3) is 0.400. The van der Waals surface area contributed by atoms with Crippen LogP contribution in [0.2, 0.25) is 10.0 Å². The number of rotatable bonds is 3. The van der Waals surface area contributed by atoms with Gasteiger partial charge < -0.3 is 9.84 Å². The van der Waals surface area contributed by atoms with Gasteiger partial charge in [-0.15, -0.1) is 0 Å². The van der Waals surface area contributed by atoms with Crippen molar-refractivity contribution in [3.8, 4) is 5.75 Å². The van der Waals surface area contributed by atoms with Crippen LogP contribution in [0.3, 0.4) is 0 Å². The molecule has 0 aromatic heterocycles. The van der Waals surface area contributed by atoms with Crippen molar-refractivity contribution in [1.82, 2.24) is 0 Å². The molecule has 1 aromatic carbocycles. The molecule has 0 aliphatic heterocycles. The summed E-state index contributed by atoms with van der Waals surface area (Å²) in [5.41, 5.74) is 0.976. The minimum atomic E-state index is -0.538. The molecule has 4 heteroatoms. The Kier molecular flexibility index (Phi) is 4.05. The van der Waals surface area contributed by atoms with Crippen LogP contribution in [0.4, 0.5) is 0 Å². The number of aliphatic hydroxyl groups excluding tert-OH is 1. The molecule has 1 aromatic rings. The van der Waals surface area contributed by atoms with Crippen LogP contribution in [0.15, 0.2) is 12.1 Å². The van der Waals surface area contributed by atoms with Gasteiger partial charge in [0.1, 0.15) is 6.61 Å². The summed E-state index contributed by atoms with van der Waals surface area (Å²) in [7, 11) is 0. The number of ether oxygens (including phenoxy) is 1. The molecule has 1 rings (SSSR count). The molecule has 0 amide bonds. The highest BCUT2D eigenvalue weighted by Crippen LogP contribution is 2.33. The van der Waals surface area contributed by atoms with Gasteiger partial charge in [0.2, 0.25) is 0 Å². The van der Waals surface area contributed by atoms with Gasteiger partial charge in [-0.1, -0.05) is 23.2 Å². The summed E-state index contributed by atoms with van der Waals surface area (Å²) in [5.74, 6) is 0.430. The molecule has 0 radical (unpaired) electrons. The molecule has 1 N–H and O–H groups in total. The number of hydrogen-bond acceptors (Lipinski definition) is 2. The van der Waals surface area contributed by atoms with Gasteiger partial charge in [0.15, 0.2) is 5.75 Å². The smallest absolute Gasteiger partial charge is 0.156 e. The molecule has 0 saturated heterocycles. The summed E-state index contributed by atoms with van der Waals surface area (Å²) in [5, 5.41) is 9.98. The SMILES string of the molecule is Cc1cc(Cl)c(OCC(C)O)c(Cl)c1. The fourth-order valence-electron chi connectivity index (χ4n) is 1.03. The van der Waals surface area contributed by atoms with Crippen molar-refractivity contribution in [2.24, 2.45) is 0 Å². The van der Waals surface area contributed by atoms with Gasteiger partial charge in [-0.25, -0.2) is 0 Å². The predicted octanol–water partition coefficient (Wildman–Crippen LogP) is 3.06. The van der Waals surface area contributed by atoms with Gasteiger partial charge in [0, 0.05) is 0 Å².